The Kier molecular flexibility index (Phi) is 9.17. The molecule has 2 aromatic rings. The number of rotatable bonds is 8. The zero-order chi connectivity index (χ0) is 31.2. The quantitative estimate of drug-likeness (QED) is 0.226. The molecule has 242 valence electrons. The molecule has 4 N–H and O–H groups in total. The summed E-state index contributed by atoms with van der Waals surface area (Å²) in [5.74, 6) is 4.09. The number of carbonyl (C=O) groups is 1. The Labute approximate surface area is 267 Å². The molecule has 0 unspecified atom stereocenters. The van der Waals surface area contributed by atoms with E-state index in [2.05, 4.69) is 42.9 Å². The van der Waals surface area contributed by atoms with Crippen LogP contribution in [0.1, 0.15) is 91.0 Å². The van der Waals surface area contributed by atoms with Crippen molar-refractivity contribution in [3.8, 4) is 11.3 Å². The van der Waals surface area contributed by atoms with E-state index in [1.54, 1.807) is 6.20 Å². The zero-order valence-electron chi connectivity index (χ0n) is 27.2. The molecule has 1 aromatic heterocycles. The Morgan fingerprint density at radius 2 is 1.86 bits per heavy atom. The van der Waals surface area contributed by atoms with E-state index in [4.69, 9.17) is 4.52 Å². The maximum atomic E-state index is 12.7. The number of amides is 2. The Bertz CT molecular complexity index is 1300. The van der Waals surface area contributed by atoms with Crippen LogP contribution in [0.5, 0.6) is 0 Å². The average molecular weight is 624 g/mol. The number of aryl methyl sites for hydroxylation is 1. The van der Waals surface area contributed by atoms with Gasteiger partial charge in [0.05, 0.1) is 18.4 Å². The number of fused-ring (bicyclic) bond motifs is 5. The van der Waals surface area contributed by atoms with Crippen LogP contribution in [0.2, 0.25) is 0 Å². The van der Waals surface area contributed by atoms with Gasteiger partial charge in [-0.15, -0.1) is 0 Å². The molecule has 4 aliphatic carbocycles. The van der Waals surface area contributed by atoms with Gasteiger partial charge in [0.15, 0.2) is 5.76 Å². The summed E-state index contributed by atoms with van der Waals surface area (Å²) < 4.78 is 8.21. The molecule has 0 aliphatic heterocycles. The van der Waals surface area contributed by atoms with Gasteiger partial charge in [-0.2, -0.15) is 0 Å². The molecule has 1 aromatic carbocycles. The maximum absolute atomic E-state index is 12.7. The molecular weight excluding hydrogens is 570 g/mol. The predicted octanol–water partition coefficient (Wildman–Crippen LogP) is 7.61. The van der Waals surface area contributed by atoms with Crippen LogP contribution in [-0.4, -0.2) is 40.2 Å². The van der Waals surface area contributed by atoms with E-state index in [1.807, 2.05) is 31.2 Å². The summed E-state index contributed by atoms with van der Waals surface area (Å²) in [4.78, 5) is 13.7. The molecule has 0 spiro atoms. The van der Waals surface area contributed by atoms with Crippen molar-refractivity contribution in [2.24, 2.45) is 52.3 Å². The van der Waals surface area contributed by atoms with Gasteiger partial charge < -0.3 is 20.1 Å². The minimum Gasteiger partial charge on any atom is -0.393 e. The van der Waals surface area contributed by atoms with Crippen LogP contribution in [0.4, 0.5) is 4.79 Å². The molecule has 0 radical (unpaired) electrons. The van der Waals surface area contributed by atoms with E-state index in [1.165, 1.54) is 37.6 Å². The molecule has 4 aliphatic rings. The molecular formula is C36H53N3O4S. The smallest absolute Gasteiger partial charge is 0.325 e. The number of carbonyl (C=O) groups excluding carboxylic acids is 1. The fraction of sp³-hybridized carbons (Fsp3) is 0.722. The zero-order valence-corrected chi connectivity index (χ0v) is 28.0. The second kappa shape index (κ2) is 12.6. The van der Waals surface area contributed by atoms with Gasteiger partial charge in [0.1, 0.15) is 0 Å². The van der Waals surface area contributed by atoms with Gasteiger partial charge in [0, 0.05) is 23.1 Å². The van der Waals surface area contributed by atoms with E-state index < -0.39 is 0 Å². The van der Waals surface area contributed by atoms with Crippen molar-refractivity contribution in [2.45, 2.75) is 110 Å². The highest BCUT2D eigenvalue weighted by atomic mass is 32.2. The van der Waals surface area contributed by atoms with Gasteiger partial charge in [0.25, 0.3) is 0 Å². The molecule has 0 bridgehead atoms. The largest absolute Gasteiger partial charge is 0.393 e. The minimum absolute atomic E-state index is 0.159. The molecule has 4 saturated carbocycles. The molecule has 0 saturated heterocycles. The number of hydrogen-bond donors (Lipinski definition) is 4. The third kappa shape index (κ3) is 5.62. The standard InChI is InChI=1S/C36H53N3O4S/c1-6-25-29-20-24(40)11-15-36(29,5)28-12-16-35(4)26(8-9-27(35)32(28)33(25)41)21(2)13-17-37-34(42)39-44-31-10-7-23(19-22(31)3)30-14-18-38-43-30/h7,10,14,18-19,21,24-29,32-33,40-41H,6,8-9,11-13,15-17,20H2,1-5H3,(H2,37,39,42)/t21-,24-,25-,26-,27+,28+,29+,32+,33-,35-,36-/m1/s1. The molecule has 1 heterocycles. The first kappa shape index (κ1) is 31.9. The number of urea groups is 1. The van der Waals surface area contributed by atoms with Crippen molar-refractivity contribution in [1.82, 2.24) is 15.2 Å². The monoisotopic (exact) mass is 623 g/mol. The number of aliphatic hydroxyl groups is 2. The number of aromatic nitrogens is 1. The van der Waals surface area contributed by atoms with Gasteiger partial charge in [-0.05, 0) is 146 Å². The van der Waals surface area contributed by atoms with Gasteiger partial charge in [-0.1, -0.05) is 39.3 Å². The van der Waals surface area contributed by atoms with Crippen molar-refractivity contribution in [3.63, 3.8) is 0 Å². The summed E-state index contributed by atoms with van der Waals surface area (Å²) in [5.41, 5.74) is 2.51. The van der Waals surface area contributed by atoms with Crippen LogP contribution in [-0.2, 0) is 0 Å². The normalized spacial score (nSPS) is 38.7. The van der Waals surface area contributed by atoms with Crippen molar-refractivity contribution in [2.75, 3.05) is 6.54 Å². The summed E-state index contributed by atoms with van der Waals surface area (Å²) in [6.07, 6.45) is 10.9. The number of aliphatic hydroxyl groups excluding tert-OH is 2. The number of nitrogens with zero attached hydrogens (tertiary/aromatic N) is 1. The SMILES string of the molecule is CC[C@H]1[C@@H](O)[C@@H]2[C@H](CC[C@]3(C)[C@@H]([C@H](C)CCNC(=O)NSc4ccc(-c5ccno5)cc4C)CC[C@@H]23)[C@@]2(C)CC[C@@H](O)C[C@@H]12. The van der Waals surface area contributed by atoms with Crippen LogP contribution in [0.3, 0.4) is 0 Å². The first-order chi connectivity index (χ1) is 21.1. The third-order valence-corrected chi connectivity index (χ3v) is 14.2. The number of benzene rings is 1. The van der Waals surface area contributed by atoms with Crippen molar-refractivity contribution >= 4 is 18.0 Å². The van der Waals surface area contributed by atoms with E-state index in [9.17, 15) is 15.0 Å². The highest BCUT2D eigenvalue weighted by molar-refractivity contribution is 7.98. The average Bonchev–Trinajstić information content (AvgIpc) is 3.66. The molecule has 11 atom stereocenters. The molecule has 7 nitrogen and oxygen atoms in total. The Hall–Kier alpha value is -2.03. The summed E-state index contributed by atoms with van der Waals surface area (Å²) in [6.45, 7) is 12.3. The highest BCUT2D eigenvalue weighted by Crippen LogP contribution is 2.69. The van der Waals surface area contributed by atoms with Crippen LogP contribution in [0.25, 0.3) is 11.3 Å². The second-order valence-corrected chi connectivity index (χ2v) is 16.1. The lowest BCUT2D eigenvalue weighted by Crippen LogP contribution is -2.62. The van der Waals surface area contributed by atoms with Crippen LogP contribution in [0, 0.1) is 59.2 Å². The predicted molar refractivity (Wildman–Crippen MR) is 175 cm³/mol. The minimum atomic E-state index is -0.253. The van der Waals surface area contributed by atoms with Crippen LogP contribution in [0.15, 0.2) is 39.9 Å². The maximum Gasteiger partial charge on any atom is 0.325 e. The van der Waals surface area contributed by atoms with Gasteiger partial charge in [-0.25, -0.2) is 4.79 Å². The molecule has 44 heavy (non-hydrogen) atoms. The fourth-order valence-electron chi connectivity index (χ4n) is 11.0. The molecule has 6 rings (SSSR count). The van der Waals surface area contributed by atoms with Gasteiger partial charge in [-0.3, -0.25) is 4.72 Å². The van der Waals surface area contributed by atoms with E-state index in [0.29, 0.717) is 48.0 Å². The lowest BCUT2D eigenvalue weighted by atomic mass is 9.41. The molecule has 2 amide bonds. The highest BCUT2D eigenvalue weighted by Gasteiger charge is 2.64. The summed E-state index contributed by atoms with van der Waals surface area (Å²) >= 11 is 1.33. The molecule has 8 heteroatoms. The van der Waals surface area contributed by atoms with Crippen LogP contribution < -0.4 is 10.0 Å². The molecule has 4 fully saturated rings. The third-order valence-electron chi connectivity index (χ3n) is 13.2. The van der Waals surface area contributed by atoms with E-state index >= 15 is 0 Å². The Balaban J connectivity index is 1.03. The first-order valence-corrected chi connectivity index (χ1v) is 18.0. The Morgan fingerprint density at radius 1 is 1.09 bits per heavy atom. The topological polar surface area (TPSA) is 108 Å². The van der Waals surface area contributed by atoms with Gasteiger partial charge in [0.2, 0.25) is 0 Å². The number of hydrogen-bond acceptors (Lipinski definition) is 6. The van der Waals surface area contributed by atoms with E-state index in [-0.39, 0.29) is 29.1 Å². The van der Waals surface area contributed by atoms with Crippen molar-refractivity contribution in [3.05, 3.63) is 36.0 Å². The number of nitrogens with one attached hydrogen (secondary N) is 2. The summed E-state index contributed by atoms with van der Waals surface area (Å²) in [7, 11) is 0. The van der Waals surface area contributed by atoms with Crippen molar-refractivity contribution < 1.29 is 19.5 Å². The van der Waals surface area contributed by atoms with E-state index in [0.717, 1.165) is 53.9 Å². The second-order valence-electron chi connectivity index (χ2n) is 15.2. The fourth-order valence-corrected chi connectivity index (χ4v) is 11.6. The summed E-state index contributed by atoms with van der Waals surface area (Å²) in [6, 6.07) is 7.70. The summed E-state index contributed by atoms with van der Waals surface area (Å²) in [5, 5.41) is 29.4. The lowest BCUT2D eigenvalue weighted by Gasteiger charge is -2.64. The van der Waals surface area contributed by atoms with Crippen LogP contribution >= 0.6 is 11.9 Å². The first-order valence-electron chi connectivity index (χ1n) is 17.1. The van der Waals surface area contributed by atoms with Crippen molar-refractivity contribution in [1.29, 1.82) is 0 Å². The Morgan fingerprint density at radius 3 is 2.59 bits per heavy atom. The van der Waals surface area contributed by atoms with Gasteiger partial charge >= 0.3 is 6.03 Å². The lowest BCUT2D eigenvalue weighted by molar-refractivity contribution is -0.203.